The van der Waals surface area contributed by atoms with E-state index in [1.54, 1.807) is 0 Å². The van der Waals surface area contributed by atoms with E-state index in [0.29, 0.717) is 5.92 Å². The van der Waals surface area contributed by atoms with Crippen LogP contribution in [0.25, 0.3) is 0 Å². The van der Waals surface area contributed by atoms with Crippen molar-refractivity contribution in [2.75, 3.05) is 26.2 Å². The number of hydrogen-bond acceptors (Lipinski definition) is 3. The van der Waals surface area contributed by atoms with E-state index < -0.39 is 0 Å². The number of halogens is 1. The predicted octanol–water partition coefficient (Wildman–Crippen LogP) is 1.66. The van der Waals surface area contributed by atoms with Crippen molar-refractivity contribution >= 4 is 24.2 Å². The van der Waals surface area contributed by atoms with E-state index in [2.05, 4.69) is 36.5 Å². The van der Waals surface area contributed by atoms with Gasteiger partial charge in [0.2, 0.25) is 11.8 Å². The third-order valence-electron chi connectivity index (χ3n) is 4.55. The summed E-state index contributed by atoms with van der Waals surface area (Å²) in [6.07, 6.45) is 4.37. The van der Waals surface area contributed by atoms with Crippen molar-refractivity contribution in [1.29, 1.82) is 0 Å². The Bertz CT molecular complexity index is 526. The Morgan fingerprint density at radius 3 is 2.42 bits per heavy atom. The van der Waals surface area contributed by atoms with Gasteiger partial charge in [0, 0.05) is 13.1 Å². The molecule has 1 saturated heterocycles. The van der Waals surface area contributed by atoms with Gasteiger partial charge in [-0.2, -0.15) is 0 Å². The van der Waals surface area contributed by atoms with Crippen LogP contribution in [0.3, 0.4) is 0 Å². The van der Waals surface area contributed by atoms with Crippen LogP contribution in [0.2, 0.25) is 0 Å². The van der Waals surface area contributed by atoms with Crippen LogP contribution in [0.5, 0.6) is 0 Å². The Labute approximate surface area is 150 Å². The molecule has 6 heteroatoms. The quantitative estimate of drug-likeness (QED) is 0.816. The molecule has 24 heavy (non-hydrogen) atoms. The lowest BCUT2D eigenvalue weighted by molar-refractivity contribution is -0.133. The summed E-state index contributed by atoms with van der Waals surface area (Å²) >= 11 is 0. The number of rotatable bonds is 6. The molecule has 1 aliphatic heterocycles. The van der Waals surface area contributed by atoms with E-state index in [1.807, 2.05) is 4.90 Å². The largest absolute Gasteiger partial charge is 0.346 e. The number of likely N-dealkylation sites (tertiary alicyclic amines) is 1. The SMILES string of the molecule is Cc1ccc(CCC2CCN(C(=O)CNC(=O)CN)CC2)cc1.Cl. The van der Waals surface area contributed by atoms with Gasteiger partial charge in [-0.05, 0) is 44.1 Å². The van der Waals surface area contributed by atoms with Crippen molar-refractivity contribution in [2.45, 2.75) is 32.6 Å². The molecule has 1 aliphatic rings. The molecule has 0 atom stereocenters. The van der Waals surface area contributed by atoms with Gasteiger partial charge in [-0.3, -0.25) is 9.59 Å². The molecular formula is C18H28ClN3O2. The van der Waals surface area contributed by atoms with Crippen LogP contribution >= 0.6 is 12.4 Å². The first-order valence-electron chi connectivity index (χ1n) is 8.38. The first-order chi connectivity index (χ1) is 11.1. The van der Waals surface area contributed by atoms with Crippen LogP contribution in [-0.4, -0.2) is 42.9 Å². The second-order valence-electron chi connectivity index (χ2n) is 6.33. The number of nitrogens with zero attached hydrogens (tertiary/aromatic N) is 1. The zero-order valence-corrected chi connectivity index (χ0v) is 15.1. The maximum absolute atomic E-state index is 12.0. The number of carbonyl (C=O) groups is 2. The van der Waals surface area contributed by atoms with Gasteiger partial charge in [0.1, 0.15) is 0 Å². The highest BCUT2D eigenvalue weighted by molar-refractivity contribution is 5.85. The minimum absolute atomic E-state index is 0. The van der Waals surface area contributed by atoms with Crippen molar-refractivity contribution in [3.05, 3.63) is 35.4 Å². The molecule has 2 amide bonds. The van der Waals surface area contributed by atoms with Gasteiger partial charge in [-0.15, -0.1) is 12.4 Å². The molecule has 134 valence electrons. The molecule has 0 unspecified atom stereocenters. The Balaban J connectivity index is 0.00000288. The molecule has 1 aromatic rings. The van der Waals surface area contributed by atoms with Crippen LogP contribution in [0, 0.1) is 12.8 Å². The molecule has 0 aromatic heterocycles. The van der Waals surface area contributed by atoms with Gasteiger partial charge in [-0.25, -0.2) is 0 Å². The van der Waals surface area contributed by atoms with Crippen LogP contribution in [0.4, 0.5) is 0 Å². The first kappa shape index (κ1) is 20.5. The highest BCUT2D eigenvalue weighted by Gasteiger charge is 2.22. The van der Waals surface area contributed by atoms with E-state index in [9.17, 15) is 9.59 Å². The molecule has 1 heterocycles. The summed E-state index contributed by atoms with van der Waals surface area (Å²) in [5.74, 6) is 0.383. The third kappa shape index (κ3) is 6.49. The summed E-state index contributed by atoms with van der Waals surface area (Å²) < 4.78 is 0. The van der Waals surface area contributed by atoms with Crippen molar-refractivity contribution in [2.24, 2.45) is 11.7 Å². The number of nitrogens with one attached hydrogen (secondary N) is 1. The number of aryl methyl sites for hydroxylation is 2. The van der Waals surface area contributed by atoms with E-state index in [-0.39, 0.29) is 37.3 Å². The summed E-state index contributed by atoms with van der Waals surface area (Å²) in [5.41, 5.74) is 7.89. The van der Waals surface area contributed by atoms with Crippen LogP contribution < -0.4 is 11.1 Å². The maximum atomic E-state index is 12.0. The zero-order valence-electron chi connectivity index (χ0n) is 14.3. The smallest absolute Gasteiger partial charge is 0.241 e. The van der Waals surface area contributed by atoms with Crippen molar-refractivity contribution in [1.82, 2.24) is 10.2 Å². The molecule has 3 N–H and O–H groups in total. The zero-order chi connectivity index (χ0) is 16.7. The Hall–Kier alpha value is -1.59. The third-order valence-corrected chi connectivity index (χ3v) is 4.55. The molecule has 0 spiro atoms. The second-order valence-corrected chi connectivity index (χ2v) is 6.33. The fourth-order valence-electron chi connectivity index (χ4n) is 2.95. The Kier molecular flexibility index (Phi) is 8.79. The van der Waals surface area contributed by atoms with Crippen molar-refractivity contribution < 1.29 is 9.59 Å². The fraction of sp³-hybridized carbons (Fsp3) is 0.556. The van der Waals surface area contributed by atoms with E-state index in [0.717, 1.165) is 32.4 Å². The summed E-state index contributed by atoms with van der Waals surface area (Å²) in [7, 11) is 0. The minimum atomic E-state index is -0.286. The number of amides is 2. The maximum Gasteiger partial charge on any atom is 0.241 e. The van der Waals surface area contributed by atoms with Gasteiger partial charge in [-0.1, -0.05) is 29.8 Å². The highest BCUT2D eigenvalue weighted by Crippen LogP contribution is 2.22. The van der Waals surface area contributed by atoms with Gasteiger partial charge in [0.25, 0.3) is 0 Å². The lowest BCUT2D eigenvalue weighted by Crippen LogP contribution is -2.45. The molecular weight excluding hydrogens is 326 g/mol. The summed E-state index contributed by atoms with van der Waals surface area (Å²) in [4.78, 5) is 24.9. The van der Waals surface area contributed by atoms with E-state index in [1.165, 1.54) is 17.5 Å². The van der Waals surface area contributed by atoms with Crippen LogP contribution in [0.1, 0.15) is 30.4 Å². The minimum Gasteiger partial charge on any atom is -0.346 e. The van der Waals surface area contributed by atoms with Crippen LogP contribution in [0.15, 0.2) is 24.3 Å². The summed E-state index contributed by atoms with van der Waals surface area (Å²) in [6.45, 7) is 3.66. The monoisotopic (exact) mass is 353 g/mol. The summed E-state index contributed by atoms with van der Waals surface area (Å²) in [5, 5.41) is 2.54. The molecule has 0 aliphatic carbocycles. The normalized spacial score (nSPS) is 14.8. The molecule has 0 saturated carbocycles. The van der Waals surface area contributed by atoms with Gasteiger partial charge in [0.05, 0.1) is 13.1 Å². The predicted molar refractivity (Wildman–Crippen MR) is 98.1 cm³/mol. The first-order valence-corrected chi connectivity index (χ1v) is 8.38. The van der Waals surface area contributed by atoms with Gasteiger partial charge in [0.15, 0.2) is 0 Å². The Morgan fingerprint density at radius 2 is 1.83 bits per heavy atom. The molecule has 0 radical (unpaired) electrons. The number of piperidine rings is 1. The molecule has 0 bridgehead atoms. The number of nitrogens with two attached hydrogens (primary N) is 1. The number of benzene rings is 1. The standard InChI is InChI=1S/C18H27N3O2.ClH/c1-14-2-4-15(5-3-14)6-7-16-8-10-21(11-9-16)18(23)13-20-17(22)12-19;/h2-5,16H,6-13,19H2,1H3,(H,20,22);1H. The molecule has 2 rings (SSSR count). The fourth-order valence-corrected chi connectivity index (χ4v) is 2.95. The van der Waals surface area contributed by atoms with Gasteiger partial charge < -0.3 is 16.0 Å². The average molecular weight is 354 g/mol. The van der Waals surface area contributed by atoms with Crippen LogP contribution in [-0.2, 0) is 16.0 Å². The lowest BCUT2D eigenvalue weighted by Gasteiger charge is -2.32. The Morgan fingerprint density at radius 1 is 1.21 bits per heavy atom. The second kappa shape index (κ2) is 10.3. The van der Waals surface area contributed by atoms with E-state index in [4.69, 9.17) is 5.73 Å². The van der Waals surface area contributed by atoms with E-state index >= 15 is 0 Å². The molecule has 1 aromatic carbocycles. The number of hydrogen-bond donors (Lipinski definition) is 2. The molecule has 5 nitrogen and oxygen atoms in total. The topological polar surface area (TPSA) is 75.4 Å². The van der Waals surface area contributed by atoms with Gasteiger partial charge >= 0.3 is 0 Å². The lowest BCUT2D eigenvalue weighted by atomic mass is 9.90. The van der Waals surface area contributed by atoms with Crippen molar-refractivity contribution in [3.8, 4) is 0 Å². The van der Waals surface area contributed by atoms with Crippen molar-refractivity contribution in [3.63, 3.8) is 0 Å². The number of carbonyl (C=O) groups excluding carboxylic acids is 2. The average Bonchev–Trinajstić information content (AvgIpc) is 2.59. The highest BCUT2D eigenvalue weighted by atomic mass is 35.5. The molecule has 1 fully saturated rings. The summed E-state index contributed by atoms with van der Waals surface area (Å²) in [6, 6.07) is 8.72.